The van der Waals surface area contributed by atoms with Crippen LogP contribution in [0.5, 0.6) is 5.75 Å². The molecule has 5 N–H and O–H groups in total. The van der Waals surface area contributed by atoms with E-state index in [1.165, 1.54) is 37.5 Å². The molecule has 4 heterocycles. The van der Waals surface area contributed by atoms with Crippen LogP contribution < -0.4 is 0 Å². The van der Waals surface area contributed by atoms with Crippen LogP contribution in [0, 0.1) is 11.8 Å². The fraction of sp³-hybridized carbons (Fsp3) is 0.500. The zero-order chi connectivity index (χ0) is 28.5. The molecule has 1 saturated carbocycles. The lowest BCUT2D eigenvalue weighted by Gasteiger charge is -2.45. The molecule has 2 saturated heterocycles. The largest absolute Gasteiger partial charge is 0.508 e. The number of ketones is 1. The molecule has 5 aliphatic rings. The summed E-state index contributed by atoms with van der Waals surface area (Å²) < 4.78 is 33.6. The van der Waals surface area contributed by atoms with Crippen molar-refractivity contribution in [2.45, 2.75) is 54.8 Å². The lowest BCUT2D eigenvalue weighted by atomic mass is 9.78. The maximum atomic E-state index is 13.2. The van der Waals surface area contributed by atoms with Crippen molar-refractivity contribution in [1.29, 1.82) is 0 Å². The predicted octanol–water partition coefficient (Wildman–Crippen LogP) is -1.96. The van der Waals surface area contributed by atoms with Gasteiger partial charge in [-0.1, -0.05) is 0 Å². The van der Waals surface area contributed by atoms with Crippen molar-refractivity contribution in [2.75, 3.05) is 13.7 Å². The lowest BCUT2D eigenvalue weighted by Crippen LogP contribution is -2.61. The molecule has 14 heteroatoms. The summed E-state index contributed by atoms with van der Waals surface area (Å²) >= 11 is 0. The van der Waals surface area contributed by atoms with Gasteiger partial charge in [-0.3, -0.25) is 4.79 Å². The number of hydrogen-bond acceptors (Lipinski definition) is 14. The van der Waals surface area contributed by atoms with E-state index in [-0.39, 0.29) is 22.5 Å². The summed E-state index contributed by atoms with van der Waals surface area (Å²) in [5.74, 6) is -4.24. The zero-order valence-electron chi connectivity index (χ0n) is 20.9. The Hall–Kier alpha value is -3.37. The summed E-state index contributed by atoms with van der Waals surface area (Å²) in [6.07, 6.45) is -8.40. The number of aliphatic hydroxyl groups excluding tert-OH is 4. The summed E-state index contributed by atoms with van der Waals surface area (Å²) in [5.41, 5.74) is -1.76. The van der Waals surface area contributed by atoms with Gasteiger partial charge in [-0.05, 0) is 30.3 Å². The smallest absolute Gasteiger partial charge is 0.342 e. The minimum atomic E-state index is -1.76. The van der Waals surface area contributed by atoms with Crippen LogP contribution in [0.15, 0.2) is 47.7 Å². The fourth-order valence-corrected chi connectivity index (χ4v) is 5.98. The average molecular weight is 562 g/mol. The summed E-state index contributed by atoms with van der Waals surface area (Å²) in [6.45, 7) is -0.695. The van der Waals surface area contributed by atoms with Crippen LogP contribution in [0.1, 0.15) is 10.4 Å². The number of phenols is 1. The van der Waals surface area contributed by atoms with E-state index in [2.05, 4.69) is 0 Å². The Morgan fingerprint density at radius 1 is 1.02 bits per heavy atom. The van der Waals surface area contributed by atoms with Crippen molar-refractivity contribution in [3.8, 4) is 5.75 Å². The number of phenolic OH excluding ortho intramolecular Hbond substituents is 1. The van der Waals surface area contributed by atoms with Gasteiger partial charge in [-0.15, -0.1) is 0 Å². The average Bonchev–Trinajstić information content (AvgIpc) is 3.62. The van der Waals surface area contributed by atoms with Gasteiger partial charge < -0.3 is 54.0 Å². The van der Waals surface area contributed by atoms with E-state index in [9.17, 15) is 39.9 Å². The van der Waals surface area contributed by atoms with Crippen LogP contribution in [-0.4, -0.2) is 112 Å². The van der Waals surface area contributed by atoms with E-state index in [0.29, 0.717) is 0 Å². The first-order valence-electron chi connectivity index (χ1n) is 12.5. The van der Waals surface area contributed by atoms with Gasteiger partial charge in [0.05, 0.1) is 37.6 Å². The van der Waals surface area contributed by atoms with E-state index in [4.69, 9.17) is 28.4 Å². The molecule has 3 fully saturated rings. The summed E-state index contributed by atoms with van der Waals surface area (Å²) in [6, 6.07) is 5.28. The van der Waals surface area contributed by atoms with Crippen molar-refractivity contribution in [2.24, 2.45) is 11.8 Å². The molecule has 214 valence electrons. The fourth-order valence-electron chi connectivity index (χ4n) is 5.98. The third-order valence-corrected chi connectivity index (χ3v) is 7.98. The molecule has 6 rings (SSSR count). The summed E-state index contributed by atoms with van der Waals surface area (Å²) in [7, 11) is 1.18. The molecule has 1 aliphatic carbocycles. The number of fused-ring (bicyclic) bond motifs is 5. The Morgan fingerprint density at radius 2 is 1.75 bits per heavy atom. The predicted molar refractivity (Wildman–Crippen MR) is 125 cm³/mol. The number of benzene rings is 1. The number of rotatable bonds is 6. The highest BCUT2D eigenvalue weighted by atomic mass is 16.8. The van der Waals surface area contributed by atoms with Crippen LogP contribution in [-0.2, 0) is 38.0 Å². The maximum absolute atomic E-state index is 13.2. The van der Waals surface area contributed by atoms with Gasteiger partial charge in [0.2, 0.25) is 6.29 Å². The zero-order valence-corrected chi connectivity index (χ0v) is 20.9. The van der Waals surface area contributed by atoms with E-state index in [1.807, 2.05) is 0 Å². The van der Waals surface area contributed by atoms with Crippen LogP contribution in [0.4, 0.5) is 0 Å². The third-order valence-electron chi connectivity index (χ3n) is 7.98. The van der Waals surface area contributed by atoms with Gasteiger partial charge in [0.1, 0.15) is 41.8 Å². The Morgan fingerprint density at radius 3 is 2.42 bits per heavy atom. The second kappa shape index (κ2) is 9.62. The molecule has 0 amide bonds. The Labute approximate surface area is 225 Å². The molecular formula is C26H26O14. The Balaban J connectivity index is 1.37. The highest BCUT2D eigenvalue weighted by molar-refractivity contribution is 6.25. The van der Waals surface area contributed by atoms with Gasteiger partial charge in [0.15, 0.2) is 17.7 Å². The SMILES string of the molecule is COC(=O)C1=CO[C@@H](O[C@@H]2O[C@H](CO)[C@@H](O)[C@H](O)[C@H]2O)[C@H]2[C@@H]1[C@@H]1O[C@@H]1[C@]21C=C(C(=O)c2ccc(O)cc2)C(=O)O1. The Kier molecular flexibility index (Phi) is 6.46. The number of carbonyl (C=O) groups is 3. The van der Waals surface area contributed by atoms with Crippen molar-refractivity contribution in [3.05, 3.63) is 53.3 Å². The number of carbonyl (C=O) groups excluding carboxylic acids is 3. The normalized spacial score (nSPS) is 41.3. The van der Waals surface area contributed by atoms with Crippen LogP contribution in [0.2, 0.25) is 0 Å². The third kappa shape index (κ3) is 3.95. The molecule has 11 atom stereocenters. The number of Topliss-reactive ketones (excluding diaryl/α,β-unsaturated/α-hetero) is 1. The molecule has 40 heavy (non-hydrogen) atoms. The molecule has 14 nitrogen and oxygen atoms in total. The monoisotopic (exact) mass is 562 g/mol. The number of hydrogen-bond donors (Lipinski definition) is 5. The second-order valence-electron chi connectivity index (χ2n) is 10.2. The number of aliphatic hydroxyl groups is 4. The van der Waals surface area contributed by atoms with Gasteiger partial charge in [-0.25, -0.2) is 9.59 Å². The molecule has 1 aromatic rings. The quantitative estimate of drug-likeness (QED) is 0.110. The number of aromatic hydroxyl groups is 1. The summed E-state index contributed by atoms with van der Waals surface area (Å²) in [4.78, 5) is 38.9. The number of epoxide rings is 1. The van der Waals surface area contributed by atoms with Crippen LogP contribution in [0.25, 0.3) is 0 Å². The molecule has 4 aliphatic heterocycles. The van der Waals surface area contributed by atoms with Gasteiger partial charge in [0.25, 0.3) is 0 Å². The van der Waals surface area contributed by atoms with Gasteiger partial charge >= 0.3 is 11.9 Å². The van der Waals surface area contributed by atoms with Crippen molar-refractivity contribution < 1.29 is 68.3 Å². The van der Waals surface area contributed by atoms with E-state index in [0.717, 1.165) is 6.26 Å². The molecule has 0 radical (unpaired) electrons. The topological polar surface area (TPSA) is 211 Å². The summed E-state index contributed by atoms with van der Waals surface area (Å²) in [5, 5.41) is 49.9. The van der Waals surface area contributed by atoms with Crippen LogP contribution in [0.3, 0.4) is 0 Å². The first-order valence-corrected chi connectivity index (χ1v) is 12.5. The number of esters is 2. The standard InChI is InChI=1S/C26H26O14/c1-35-22(33)12-8-36-24(39-25-19(32)18(31)17(30)13(7-27)37-25)15-14(12)20-21(38-20)26(15)6-11(23(34)40-26)16(29)9-2-4-10(28)5-3-9/h2-6,8,13-15,17-21,24-25,27-28,30-32H,7H2,1H3/t13-,14-,15-,17-,18+,19-,20+,21+,24+,25+,26+/m1/s1. The second-order valence-corrected chi connectivity index (χ2v) is 10.2. The molecular weight excluding hydrogens is 536 g/mol. The first-order chi connectivity index (χ1) is 19.1. The minimum Gasteiger partial charge on any atom is -0.508 e. The molecule has 0 bridgehead atoms. The van der Waals surface area contributed by atoms with E-state index in [1.54, 1.807) is 0 Å². The van der Waals surface area contributed by atoms with Crippen LogP contribution >= 0.6 is 0 Å². The van der Waals surface area contributed by atoms with Gasteiger partial charge in [0, 0.05) is 11.5 Å². The minimum absolute atomic E-state index is 0.0632. The number of ether oxygens (including phenoxy) is 6. The molecule has 1 spiro atoms. The van der Waals surface area contributed by atoms with Crippen molar-refractivity contribution in [1.82, 2.24) is 0 Å². The van der Waals surface area contributed by atoms with E-state index >= 15 is 0 Å². The van der Waals surface area contributed by atoms with E-state index < -0.39 is 91.0 Å². The lowest BCUT2D eigenvalue weighted by molar-refractivity contribution is -0.347. The molecule has 0 unspecified atom stereocenters. The maximum Gasteiger partial charge on any atom is 0.342 e. The Bertz CT molecular complexity index is 1290. The number of methoxy groups -OCH3 is 1. The highest BCUT2D eigenvalue weighted by Crippen LogP contribution is 2.62. The van der Waals surface area contributed by atoms with Crippen molar-refractivity contribution in [3.63, 3.8) is 0 Å². The first kappa shape index (κ1) is 26.8. The highest BCUT2D eigenvalue weighted by Gasteiger charge is 2.78. The van der Waals surface area contributed by atoms with Crippen molar-refractivity contribution >= 4 is 17.7 Å². The molecule has 0 aromatic heterocycles. The molecule has 1 aromatic carbocycles. The van der Waals surface area contributed by atoms with Gasteiger partial charge in [-0.2, -0.15) is 0 Å².